The quantitative estimate of drug-likeness (QED) is 0.105. The van der Waals surface area contributed by atoms with Gasteiger partial charge in [0.25, 0.3) is 0 Å². The predicted molar refractivity (Wildman–Crippen MR) is 214 cm³/mol. The molecule has 4 saturated heterocycles. The van der Waals surface area contributed by atoms with Gasteiger partial charge < -0.3 is 37.9 Å². The van der Waals surface area contributed by atoms with Crippen molar-refractivity contribution in [1.29, 1.82) is 0 Å². The molecule has 292 valence electrons. The Morgan fingerprint density at radius 2 is 0.574 bits per heavy atom. The van der Waals surface area contributed by atoms with Gasteiger partial charge in [0.05, 0.1) is 26.4 Å². The van der Waals surface area contributed by atoms with E-state index < -0.39 is 0 Å². The highest BCUT2D eigenvalue weighted by Crippen LogP contribution is 2.35. The van der Waals surface area contributed by atoms with Gasteiger partial charge in [0.15, 0.2) is 0 Å². The number of epoxide rings is 4. The largest absolute Gasteiger partial charge is 0.491 e. The van der Waals surface area contributed by atoms with E-state index in [1.54, 1.807) is 0 Å². The van der Waals surface area contributed by atoms with Crippen LogP contribution in [-0.4, -0.2) is 77.3 Å². The van der Waals surface area contributed by atoms with Gasteiger partial charge in [-0.15, -0.1) is 0 Å². The molecule has 0 N–H and O–H groups in total. The van der Waals surface area contributed by atoms with Crippen LogP contribution in [0.2, 0.25) is 0 Å². The smallest absolute Gasteiger partial charge is 0.119 e. The van der Waals surface area contributed by atoms with Crippen molar-refractivity contribution in [3.63, 3.8) is 0 Å². The van der Waals surface area contributed by atoms with Crippen LogP contribution in [0.25, 0.3) is 0 Å². The monoisotopic (exact) mass is 740 g/mol. The van der Waals surface area contributed by atoms with Gasteiger partial charge in [0.2, 0.25) is 0 Å². The molecule has 4 aliphatic rings. The Labute approximate surface area is 323 Å². The summed E-state index contributed by atoms with van der Waals surface area (Å²) in [6, 6.07) is 33.4. The normalized spacial score (nSPS) is 20.4. The maximum atomic E-state index is 5.72. The molecule has 54 heavy (non-hydrogen) atoms. The van der Waals surface area contributed by atoms with Crippen molar-refractivity contribution in [3.05, 3.63) is 119 Å². The van der Waals surface area contributed by atoms with Gasteiger partial charge in [-0.05, 0) is 70.8 Å². The lowest BCUT2D eigenvalue weighted by molar-refractivity contribution is 0.263. The van der Waals surface area contributed by atoms with Crippen LogP contribution in [0.15, 0.2) is 97.1 Å². The summed E-state index contributed by atoms with van der Waals surface area (Å²) in [4.78, 5) is 0. The summed E-state index contributed by atoms with van der Waals surface area (Å²) in [6.45, 7) is 19.0. The van der Waals surface area contributed by atoms with Gasteiger partial charge in [-0.3, -0.25) is 0 Å². The second-order valence-corrected chi connectivity index (χ2v) is 15.1. The molecule has 4 aliphatic heterocycles. The van der Waals surface area contributed by atoms with E-state index in [2.05, 4.69) is 90.1 Å². The van der Waals surface area contributed by atoms with Crippen LogP contribution in [0, 0.1) is 0 Å². The molecule has 0 amide bonds. The van der Waals surface area contributed by atoms with Crippen LogP contribution in [0.5, 0.6) is 23.0 Å². The first kappa shape index (κ1) is 41.1. The average molecular weight is 741 g/mol. The molecule has 4 heterocycles. The number of rotatable bonds is 16. The standard InChI is InChI=1S/2C21H24O4.C3H8.CH4/c2*1-21(2,15-3-7-17(8-4-15)22-11-19-13-24-19)16-5-9-18(10-6-16)23-12-20-14-25-20;1-3-2;/h2*3-10,19-20H,11-14H2,1-2H3;3H2,1-2H3;1H4. The Hall–Kier alpha value is -4.08. The molecule has 4 aromatic rings. The molecule has 0 bridgehead atoms. The molecule has 0 spiro atoms. The summed E-state index contributed by atoms with van der Waals surface area (Å²) in [5.41, 5.74) is 4.84. The summed E-state index contributed by atoms with van der Waals surface area (Å²) >= 11 is 0. The summed E-state index contributed by atoms with van der Waals surface area (Å²) in [5, 5.41) is 0. The van der Waals surface area contributed by atoms with E-state index in [1.807, 2.05) is 48.5 Å². The number of ether oxygens (including phenoxy) is 8. The third kappa shape index (κ3) is 12.5. The summed E-state index contributed by atoms with van der Waals surface area (Å²) in [6.07, 6.45) is 2.37. The van der Waals surface area contributed by atoms with E-state index >= 15 is 0 Å². The molecule has 4 aromatic carbocycles. The molecule has 8 nitrogen and oxygen atoms in total. The summed E-state index contributed by atoms with van der Waals surface area (Å²) < 4.78 is 43.5. The lowest BCUT2D eigenvalue weighted by Crippen LogP contribution is -2.18. The summed E-state index contributed by atoms with van der Waals surface area (Å²) in [5.74, 6) is 3.56. The molecule has 0 aromatic heterocycles. The van der Waals surface area contributed by atoms with Crippen molar-refractivity contribution in [2.24, 2.45) is 0 Å². The van der Waals surface area contributed by atoms with Crippen molar-refractivity contribution in [1.82, 2.24) is 0 Å². The SMILES string of the molecule is C.CC(C)(c1ccc(OCC2CO2)cc1)c1ccc(OCC2CO2)cc1.CC(C)(c1ccc(OCC2CO2)cc1)c1ccc(OCC2CO2)cc1.CCC. The van der Waals surface area contributed by atoms with Crippen LogP contribution in [0.3, 0.4) is 0 Å². The van der Waals surface area contributed by atoms with Crippen molar-refractivity contribution >= 4 is 0 Å². The van der Waals surface area contributed by atoms with Crippen molar-refractivity contribution in [2.75, 3.05) is 52.9 Å². The van der Waals surface area contributed by atoms with Crippen LogP contribution in [0.4, 0.5) is 0 Å². The van der Waals surface area contributed by atoms with Crippen molar-refractivity contribution in [2.45, 2.75) is 90.6 Å². The Morgan fingerprint density at radius 3 is 0.722 bits per heavy atom. The van der Waals surface area contributed by atoms with E-state index in [0.717, 1.165) is 49.4 Å². The van der Waals surface area contributed by atoms with E-state index in [1.165, 1.54) is 28.7 Å². The molecular formula is C46H60O8. The van der Waals surface area contributed by atoms with Crippen molar-refractivity contribution in [3.8, 4) is 23.0 Å². The number of benzene rings is 4. The Kier molecular flexibility index (Phi) is 14.4. The first-order chi connectivity index (χ1) is 25.6. The molecule has 0 radical (unpaired) electrons. The Bertz CT molecular complexity index is 1420. The molecule has 4 atom stereocenters. The fraction of sp³-hybridized carbons (Fsp3) is 0.478. The van der Waals surface area contributed by atoms with Gasteiger partial charge in [-0.1, -0.05) is 104 Å². The zero-order valence-electron chi connectivity index (χ0n) is 32.2. The topological polar surface area (TPSA) is 87.0 Å². The van der Waals surface area contributed by atoms with E-state index in [9.17, 15) is 0 Å². The first-order valence-electron chi connectivity index (χ1n) is 19.0. The maximum absolute atomic E-state index is 5.72. The van der Waals surface area contributed by atoms with Gasteiger partial charge in [0.1, 0.15) is 73.8 Å². The van der Waals surface area contributed by atoms with Gasteiger partial charge in [0, 0.05) is 10.8 Å². The highest BCUT2D eigenvalue weighted by molar-refractivity contribution is 5.43. The summed E-state index contributed by atoms with van der Waals surface area (Å²) in [7, 11) is 0. The minimum atomic E-state index is -0.0870. The Balaban J connectivity index is 0.000000190. The molecule has 8 heteroatoms. The van der Waals surface area contributed by atoms with E-state index in [4.69, 9.17) is 37.9 Å². The zero-order valence-corrected chi connectivity index (χ0v) is 32.2. The van der Waals surface area contributed by atoms with Crippen LogP contribution < -0.4 is 18.9 Å². The molecule has 0 saturated carbocycles. The fourth-order valence-electron chi connectivity index (χ4n) is 5.62. The van der Waals surface area contributed by atoms with Gasteiger partial charge in [-0.25, -0.2) is 0 Å². The predicted octanol–water partition coefficient (Wildman–Crippen LogP) is 9.19. The van der Waals surface area contributed by atoms with Crippen LogP contribution >= 0.6 is 0 Å². The van der Waals surface area contributed by atoms with Crippen LogP contribution in [-0.2, 0) is 29.8 Å². The third-order valence-corrected chi connectivity index (χ3v) is 9.66. The van der Waals surface area contributed by atoms with Crippen LogP contribution in [0.1, 0.15) is 77.6 Å². The first-order valence-corrected chi connectivity index (χ1v) is 19.0. The second-order valence-electron chi connectivity index (χ2n) is 15.1. The third-order valence-electron chi connectivity index (χ3n) is 9.66. The lowest BCUT2D eigenvalue weighted by atomic mass is 9.78. The molecular weight excluding hydrogens is 680 g/mol. The number of hydrogen-bond donors (Lipinski definition) is 0. The molecule has 4 fully saturated rings. The minimum Gasteiger partial charge on any atom is -0.491 e. The van der Waals surface area contributed by atoms with Gasteiger partial charge in [-0.2, -0.15) is 0 Å². The Morgan fingerprint density at radius 1 is 0.407 bits per heavy atom. The van der Waals surface area contributed by atoms with E-state index in [0.29, 0.717) is 26.4 Å². The number of hydrogen-bond acceptors (Lipinski definition) is 8. The highest BCUT2D eigenvalue weighted by atomic mass is 16.6. The van der Waals surface area contributed by atoms with Gasteiger partial charge >= 0.3 is 0 Å². The molecule has 0 aliphatic carbocycles. The fourth-order valence-corrected chi connectivity index (χ4v) is 5.62. The molecule has 4 unspecified atom stereocenters. The van der Waals surface area contributed by atoms with E-state index in [-0.39, 0.29) is 42.7 Å². The maximum Gasteiger partial charge on any atom is 0.119 e. The minimum absolute atomic E-state index is 0. The lowest BCUT2D eigenvalue weighted by Gasteiger charge is -2.26. The zero-order chi connectivity index (χ0) is 37.3. The van der Waals surface area contributed by atoms with Crippen molar-refractivity contribution < 1.29 is 37.9 Å². The molecule has 8 rings (SSSR count). The second kappa shape index (κ2) is 19.0. The average Bonchev–Trinajstić information content (AvgIpc) is 3.99. The highest BCUT2D eigenvalue weighted by Gasteiger charge is 2.27.